The molecule has 17 heavy (non-hydrogen) atoms. The van der Waals surface area contributed by atoms with Gasteiger partial charge in [-0.15, -0.1) is 0 Å². The Morgan fingerprint density at radius 1 is 1.24 bits per heavy atom. The Hall–Kier alpha value is -1.30. The van der Waals surface area contributed by atoms with Crippen molar-refractivity contribution in [2.75, 3.05) is 20.1 Å². The number of nitrogens with one attached hydrogen (secondary N) is 3. The molecule has 0 aromatic heterocycles. The van der Waals surface area contributed by atoms with Crippen LogP contribution in [0.2, 0.25) is 0 Å². The quantitative estimate of drug-likeness (QED) is 0.470. The van der Waals surface area contributed by atoms with Gasteiger partial charge >= 0.3 is 12.0 Å². The van der Waals surface area contributed by atoms with Crippen molar-refractivity contribution in [1.82, 2.24) is 16.0 Å². The van der Waals surface area contributed by atoms with Gasteiger partial charge in [0.2, 0.25) is 0 Å². The fourth-order valence-corrected chi connectivity index (χ4v) is 1.30. The van der Waals surface area contributed by atoms with E-state index in [1.165, 1.54) is 0 Å². The second kappa shape index (κ2) is 7.89. The summed E-state index contributed by atoms with van der Waals surface area (Å²) < 4.78 is 0. The maximum absolute atomic E-state index is 11.5. The molecule has 100 valence electrons. The minimum atomic E-state index is -0.852. The first-order chi connectivity index (χ1) is 7.87. The number of aliphatic carboxylic acids is 1. The van der Waals surface area contributed by atoms with Crippen molar-refractivity contribution < 1.29 is 14.7 Å². The summed E-state index contributed by atoms with van der Waals surface area (Å²) in [5.41, 5.74) is -0.508. The number of amides is 2. The topological polar surface area (TPSA) is 90.5 Å². The zero-order chi connectivity index (χ0) is 13.3. The number of carboxylic acid groups (broad SMARTS) is 1. The average molecular weight is 245 g/mol. The minimum Gasteiger partial charge on any atom is -0.481 e. The Labute approximate surface area is 102 Å². The van der Waals surface area contributed by atoms with Crippen LogP contribution in [-0.2, 0) is 4.79 Å². The summed E-state index contributed by atoms with van der Waals surface area (Å²) >= 11 is 0. The molecule has 0 saturated carbocycles. The molecule has 0 aliphatic rings. The first-order valence-electron chi connectivity index (χ1n) is 5.80. The SMILES string of the molecule is CNCCCNC(=O)NC(C)(C)CCC(=O)O. The third-order valence-corrected chi connectivity index (χ3v) is 2.30. The van der Waals surface area contributed by atoms with Crippen LogP contribution in [0.15, 0.2) is 0 Å². The van der Waals surface area contributed by atoms with Gasteiger partial charge in [-0.1, -0.05) is 0 Å². The van der Waals surface area contributed by atoms with Crippen LogP contribution in [0, 0.1) is 0 Å². The number of carbonyl (C=O) groups excluding carboxylic acids is 1. The predicted octanol–water partition coefficient (Wildman–Crippen LogP) is 0.539. The molecule has 6 nitrogen and oxygen atoms in total. The lowest BCUT2D eigenvalue weighted by Crippen LogP contribution is -2.48. The second-order valence-corrected chi connectivity index (χ2v) is 4.62. The molecular formula is C11H23N3O3. The fourth-order valence-electron chi connectivity index (χ4n) is 1.30. The van der Waals surface area contributed by atoms with E-state index in [2.05, 4.69) is 16.0 Å². The normalized spacial score (nSPS) is 11.0. The van der Waals surface area contributed by atoms with Gasteiger partial charge in [0.05, 0.1) is 0 Å². The Morgan fingerprint density at radius 3 is 2.41 bits per heavy atom. The van der Waals surface area contributed by atoms with Gasteiger partial charge in [0.15, 0.2) is 0 Å². The number of carbonyl (C=O) groups is 2. The average Bonchev–Trinajstić information content (AvgIpc) is 2.21. The Balaban J connectivity index is 3.80. The highest BCUT2D eigenvalue weighted by atomic mass is 16.4. The molecule has 4 N–H and O–H groups in total. The summed E-state index contributed by atoms with van der Waals surface area (Å²) in [5.74, 6) is -0.852. The molecule has 0 bridgehead atoms. The van der Waals surface area contributed by atoms with E-state index in [9.17, 15) is 9.59 Å². The van der Waals surface area contributed by atoms with Crippen molar-refractivity contribution >= 4 is 12.0 Å². The van der Waals surface area contributed by atoms with Gasteiger partial charge in [-0.05, 0) is 40.3 Å². The summed E-state index contributed by atoms with van der Waals surface area (Å²) in [4.78, 5) is 21.9. The lowest BCUT2D eigenvalue weighted by Gasteiger charge is -2.25. The summed E-state index contributed by atoms with van der Waals surface area (Å²) in [6.07, 6.45) is 1.32. The van der Waals surface area contributed by atoms with Crippen LogP contribution >= 0.6 is 0 Å². The van der Waals surface area contributed by atoms with Crippen LogP contribution in [0.25, 0.3) is 0 Å². The Morgan fingerprint density at radius 2 is 1.88 bits per heavy atom. The third kappa shape index (κ3) is 9.62. The van der Waals surface area contributed by atoms with Crippen molar-refractivity contribution in [1.29, 1.82) is 0 Å². The molecule has 2 amide bonds. The van der Waals surface area contributed by atoms with E-state index in [0.717, 1.165) is 13.0 Å². The lowest BCUT2D eigenvalue weighted by molar-refractivity contribution is -0.137. The van der Waals surface area contributed by atoms with Gasteiger partial charge in [-0.2, -0.15) is 0 Å². The summed E-state index contributed by atoms with van der Waals surface area (Å²) in [7, 11) is 1.86. The van der Waals surface area contributed by atoms with Gasteiger partial charge in [-0.25, -0.2) is 4.79 Å². The molecule has 0 saturated heterocycles. The number of hydrogen-bond donors (Lipinski definition) is 4. The molecular weight excluding hydrogens is 222 g/mol. The molecule has 0 heterocycles. The zero-order valence-electron chi connectivity index (χ0n) is 10.8. The van der Waals surface area contributed by atoms with Crippen LogP contribution < -0.4 is 16.0 Å². The van der Waals surface area contributed by atoms with Crippen molar-refractivity contribution in [3.8, 4) is 0 Å². The van der Waals surface area contributed by atoms with E-state index < -0.39 is 11.5 Å². The Kier molecular flexibility index (Phi) is 7.29. The van der Waals surface area contributed by atoms with Crippen LogP contribution in [0.1, 0.15) is 33.1 Å². The fraction of sp³-hybridized carbons (Fsp3) is 0.818. The van der Waals surface area contributed by atoms with Crippen molar-refractivity contribution in [3.05, 3.63) is 0 Å². The molecule has 0 rings (SSSR count). The summed E-state index contributed by atoms with van der Waals surface area (Å²) in [5, 5.41) is 17.0. The van der Waals surface area contributed by atoms with Gasteiger partial charge in [0.25, 0.3) is 0 Å². The van der Waals surface area contributed by atoms with E-state index in [0.29, 0.717) is 13.0 Å². The molecule has 0 spiro atoms. The van der Waals surface area contributed by atoms with Gasteiger partial charge < -0.3 is 21.1 Å². The Bertz CT molecular complexity index is 254. The molecule has 6 heteroatoms. The number of urea groups is 1. The maximum atomic E-state index is 11.5. The van der Waals surface area contributed by atoms with Crippen molar-refractivity contribution in [3.63, 3.8) is 0 Å². The molecule has 0 unspecified atom stereocenters. The van der Waals surface area contributed by atoms with E-state index in [-0.39, 0.29) is 12.5 Å². The molecule has 0 aromatic rings. The smallest absolute Gasteiger partial charge is 0.315 e. The maximum Gasteiger partial charge on any atom is 0.315 e. The van der Waals surface area contributed by atoms with Crippen LogP contribution in [0.4, 0.5) is 4.79 Å². The van der Waals surface area contributed by atoms with E-state index in [1.54, 1.807) is 0 Å². The largest absolute Gasteiger partial charge is 0.481 e. The highest BCUT2D eigenvalue weighted by molar-refractivity contribution is 5.74. The molecule has 0 fully saturated rings. The van der Waals surface area contributed by atoms with Crippen LogP contribution in [0.5, 0.6) is 0 Å². The third-order valence-electron chi connectivity index (χ3n) is 2.30. The predicted molar refractivity (Wildman–Crippen MR) is 66.0 cm³/mol. The standard InChI is InChI=1S/C11H23N3O3/c1-11(2,6-5-9(15)16)14-10(17)13-8-4-7-12-3/h12H,4-8H2,1-3H3,(H,15,16)(H2,13,14,17). The zero-order valence-corrected chi connectivity index (χ0v) is 10.8. The number of rotatable bonds is 8. The number of carboxylic acids is 1. The second-order valence-electron chi connectivity index (χ2n) is 4.62. The van der Waals surface area contributed by atoms with Gasteiger partial charge in [0.1, 0.15) is 0 Å². The molecule has 0 aliphatic carbocycles. The van der Waals surface area contributed by atoms with Crippen LogP contribution in [0.3, 0.4) is 0 Å². The molecule has 0 atom stereocenters. The van der Waals surface area contributed by atoms with E-state index >= 15 is 0 Å². The van der Waals surface area contributed by atoms with Crippen LogP contribution in [-0.4, -0.2) is 42.8 Å². The van der Waals surface area contributed by atoms with Gasteiger partial charge in [0, 0.05) is 18.5 Å². The van der Waals surface area contributed by atoms with Gasteiger partial charge in [-0.3, -0.25) is 4.79 Å². The molecule has 0 aliphatic heterocycles. The highest BCUT2D eigenvalue weighted by Gasteiger charge is 2.21. The minimum absolute atomic E-state index is 0.0486. The van der Waals surface area contributed by atoms with Crippen molar-refractivity contribution in [2.45, 2.75) is 38.6 Å². The summed E-state index contributed by atoms with van der Waals surface area (Å²) in [6, 6.07) is -0.253. The molecule has 0 radical (unpaired) electrons. The molecule has 0 aromatic carbocycles. The first kappa shape index (κ1) is 15.7. The monoisotopic (exact) mass is 245 g/mol. The highest BCUT2D eigenvalue weighted by Crippen LogP contribution is 2.10. The van der Waals surface area contributed by atoms with E-state index in [4.69, 9.17) is 5.11 Å². The first-order valence-corrected chi connectivity index (χ1v) is 5.80. The van der Waals surface area contributed by atoms with Crippen molar-refractivity contribution in [2.24, 2.45) is 0 Å². The van der Waals surface area contributed by atoms with E-state index in [1.807, 2.05) is 20.9 Å². The summed E-state index contributed by atoms with van der Waals surface area (Å²) in [6.45, 7) is 5.07. The lowest BCUT2D eigenvalue weighted by atomic mass is 9.99. The number of hydrogen-bond acceptors (Lipinski definition) is 3.